The van der Waals surface area contributed by atoms with E-state index in [4.69, 9.17) is 11.6 Å². The number of thiazole rings is 1. The molecule has 0 bridgehead atoms. The van der Waals surface area contributed by atoms with Gasteiger partial charge in [0.05, 0.1) is 11.3 Å². The van der Waals surface area contributed by atoms with Crippen LogP contribution in [0.4, 0.5) is 0 Å². The van der Waals surface area contributed by atoms with Gasteiger partial charge in [-0.2, -0.15) is 5.26 Å². The van der Waals surface area contributed by atoms with Gasteiger partial charge in [-0.15, -0.1) is 11.3 Å². The van der Waals surface area contributed by atoms with Crippen LogP contribution in [0.25, 0.3) is 16.8 Å². The average molecular weight is 329 g/mol. The van der Waals surface area contributed by atoms with Crippen molar-refractivity contribution >= 4 is 28.5 Å². The highest BCUT2D eigenvalue weighted by atomic mass is 35.5. The van der Waals surface area contributed by atoms with Crippen LogP contribution in [-0.4, -0.2) is 4.98 Å². The van der Waals surface area contributed by atoms with Gasteiger partial charge in [0.15, 0.2) is 0 Å². The van der Waals surface area contributed by atoms with E-state index in [9.17, 15) is 5.26 Å². The molecule has 1 aromatic carbocycles. The van der Waals surface area contributed by atoms with Gasteiger partial charge in [-0.3, -0.25) is 0 Å². The van der Waals surface area contributed by atoms with Crippen molar-refractivity contribution in [1.82, 2.24) is 4.98 Å². The van der Waals surface area contributed by atoms with Crippen molar-refractivity contribution in [2.45, 2.75) is 32.6 Å². The third-order valence-corrected chi connectivity index (χ3v) is 5.21. The second kappa shape index (κ2) is 6.64. The Labute approximate surface area is 140 Å². The van der Waals surface area contributed by atoms with E-state index in [-0.39, 0.29) is 0 Å². The summed E-state index contributed by atoms with van der Waals surface area (Å²) in [6.07, 6.45) is 4.50. The first-order chi connectivity index (χ1) is 10.7. The third-order valence-electron chi connectivity index (χ3n) is 4.09. The molecular formula is C18H17ClN2S. The number of nitrogens with zero attached hydrogens (tertiary/aromatic N) is 2. The van der Waals surface area contributed by atoms with Gasteiger partial charge in [0, 0.05) is 16.0 Å². The molecule has 0 aliphatic heterocycles. The maximum absolute atomic E-state index is 9.58. The molecule has 1 aliphatic rings. The lowest BCUT2D eigenvalue weighted by Gasteiger charge is -2.21. The first-order valence-corrected chi connectivity index (χ1v) is 8.77. The minimum Gasteiger partial charge on any atom is -0.235 e. The van der Waals surface area contributed by atoms with Gasteiger partial charge in [0.2, 0.25) is 0 Å². The number of rotatable bonds is 2. The molecule has 4 heteroatoms. The van der Waals surface area contributed by atoms with Crippen LogP contribution in [0.3, 0.4) is 0 Å². The predicted molar refractivity (Wildman–Crippen MR) is 92.7 cm³/mol. The zero-order valence-electron chi connectivity index (χ0n) is 12.5. The SMILES string of the molecule is C[C@@H]1CCC/C(=C(\C#N)c2nc(-c3ccc(Cl)cc3)cs2)C1. The molecule has 0 N–H and O–H groups in total. The van der Waals surface area contributed by atoms with Crippen molar-refractivity contribution in [2.75, 3.05) is 0 Å². The summed E-state index contributed by atoms with van der Waals surface area (Å²) in [7, 11) is 0. The molecule has 1 saturated carbocycles. The maximum Gasteiger partial charge on any atom is 0.134 e. The summed E-state index contributed by atoms with van der Waals surface area (Å²) < 4.78 is 0. The molecule has 1 heterocycles. The average Bonchev–Trinajstić information content (AvgIpc) is 2.98. The van der Waals surface area contributed by atoms with Gasteiger partial charge in [-0.1, -0.05) is 37.1 Å². The first kappa shape index (κ1) is 15.3. The number of aromatic nitrogens is 1. The van der Waals surface area contributed by atoms with Crippen LogP contribution < -0.4 is 0 Å². The van der Waals surface area contributed by atoms with Crippen LogP contribution in [0.15, 0.2) is 35.2 Å². The Bertz CT molecular complexity index is 737. The molecule has 0 unspecified atom stereocenters. The molecule has 22 heavy (non-hydrogen) atoms. The minimum absolute atomic E-state index is 0.669. The van der Waals surface area contributed by atoms with E-state index in [2.05, 4.69) is 18.0 Å². The van der Waals surface area contributed by atoms with E-state index < -0.39 is 0 Å². The standard InChI is InChI=1S/C18H17ClN2S/c1-12-3-2-4-14(9-12)16(10-20)18-21-17(11-22-18)13-5-7-15(19)8-6-13/h5-8,11-12H,2-4,9H2,1H3/b16-14-/t12-/m1/s1. The van der Waals surface area contributed by atoms with Gasteiger partial charge in [0.25, 0.3) is 0 Å². The van der Waals surface area contributed by atoms with Crippen LogP contribution in [-0.2, 0) is 0 Å². The lowest BCUT2D eigenvalue weighted by molar-refractivity contribution is 0.454. The second-order valence-corrected chi connectivity index (χ2v) is 7.13. The number of halogens is 1. The zero-order valence-corrected chi connectivity index (χ0v) is 14.0. The van der Waals surface area contributed by atoms with Crippen LogP contribution in [0.5, 0.6) is 0 Å². The van der Waals surface area contributed by atoms with E-state index in [1.807, 2.05) is 29.6 Å². The molecule has 2 nitrogen and oxygen atoms in total. The molecule has 3 rings (SSSR count). The van der Waals surface area contributed by atoms with Crippen molar-refractivity contribution in [3.8, 4) is 17.3 Å². The highest BCUT2D eigenvalue weighted by Gasteiger charge is 2.19. The van der Waals surface area contributed by atoms with Gasteiger partial charge in [-0.25, -0.2) is 4.98 Å². The minimum atomic E-state index is 0.669. The fraction of sp³-hybridized carbons (Fsp3) is 0.333. The number of hydrogen-bond donors (Lipinski definition) is 0. The monoisotopic (exact) mass is 328 g/mol. The quantitative estimate of drug-likeness (QED) is 0.638. The van der Waals surface area contributed by atoms with E-state index in [0.29, 0.717) is 5.92 Å². The summed E-state index contributed by atoms with van der Waals surface area (Å²) in [5.41, 5.74) is 4.01. The molecular weight excluding hydrogens is 312 g/mol. The van der Waals surface area contributed by atoms with Crippen molar-refractivity contribution in [3.63, 3.8) is 0 Å². The van der Waals surface area contributed by atoms with Crippen molar-refractivity contribution < 1.29 is 0 Å². The Morgan fingerprint density at radius 1 is 1.36 bits per heavy atom. The van der Waals surface area contributed by atoms with E-state index >= 15 is 0 Å². The van der Waals surface area contributed by atoms with Crippen LogP contribution >= 0.6 is 22.9 Å². The number of hydrogen-bond acceptors (Lipinski definition) is 3. The highest BCUT2D eigenvalue weighted by Crippen LogP contribution is 2.35. The molecule has 0 spiro atoms. The summed E-state index contributed by atoms with van der Waals surface area (Å²) in [6.45, 7) is 2.26. The summed E-state index contributed by atoms with van der Waals surface area (Å²) in [4.78, 5) is 4.68. The number of benzene rings is 1. The molecule has 112 valence electrons. The van der Waals surface area contributed by atoms with Crippen LogP contribution in [0.1, 0.15) is 37.6 Å². The first-order valence-electron chi connectivity index (χ1n) is 7.51. The Balaban J connectivity index is 1.93. The van der Waals surface area contributed by atoms with Crippen molar-refractivity contribution in [3.05, 3.63) is 45.2 Å². The normalized spacial score (nSPS) is 20.5. The topological polar surface area (TPSA) is 36.7 Å². The molecule has 0 radical (unpaired) electrons. The maximum atomic E-state index is 9.58. The van der Waals surface area contributed by atoms with Crippen LogP contribution in [0.2, 0.25) is 5.02 Å². The van der Waals surface area contributed by atoms with Crippen molar-refractivity contribution in [2.24, 2.45) is 5.92 Å². The largest absolute Gasteiger partial charge is 0.235 e. The molecule has 1 aromatic heterocycles. The molecule has 0 saturated heterocycles. The van der Waals surface area contributed by atoms with E-state index in [1.165, 1.54) is 18.4 Å². The smallest absolute Gasteiger partial charge is 0.134 e. The second-order valence-electron chi connectivity index (χ2n) is 5.84. The molecule has 2 aromatic rings. The Hall–Kier alpha value is -1.63. The fourth-order valence-electron chi connectivity index (χ4n) is 2.94. The molecule has 1 fully saturated rings. The molecule has 1 aliphatic carbocycles. The van der Waals surface area contributed by atoms with E-state index in [0.717, 1.165) is 39.7 Å². The summed E-state index contributed by atoms with van der Waals surface area (Å²) in [5, 5.41) is 13.2. The fourth-order valence-corrected chi connectivity index (χ4v) is 3.93. The van der Waals surface area contributed by atoms with Gasteiger partial charge >= 0.3 is 0 Å². The van der Waals surface area contributed by atoms with Gasteiger partial charge in [0.1, 0.15) is 11.1 Å². The third kappa shape index (κ3) is 3.24. The van der Waals surface area contributed by atoms with Gasteiger partial charge < -0.3 is 0 Å². The van der Waals surface area contributed by atoms with Crippen LogP contribution in [0, 0.1) is 17.2 Å². The van der Waals surface area contributed by atoms with Crippen molar-refractivity contribution in [1.29, 1.82) is 5.26 Å². The Morgan fingerprint density at radius 2 is 2.14 bits per heavy atom. The Kier molecular flexibility index (Phi) is 4.61. The zero-order chi connectivity index (χ0) is 15.5. The predicted octanol–water partition coefficient (Wildman–Crippen LogP) is 5.95. The number of allylic oxidation sites excluding steroid dienone is 2. The number of nitriles is 1. The lowest BCUT2D eigenvalue weighted by Crippen LogP contribution is -2.06. The summed E-state index contributed by atoms with van der Waals surface area (Å²) in [5.74, 6) is 0.669. The highest BCUT2D eigenvalue weighted by molar-refractivity contribution is 7.11. The lowest BCUT2D eigenvalue weighted by atomic mass is 9.84. The summed E-state index contributed by atoms with van der Waals surface area (Å²) >= 11 is 7.48. The summed E-state index contributed by atoms with van der Waals surface area (Å²) in [6, 6.07) is 10.0. The van der Waals surface area contributed by atoms with E-state index in [1.54, 1.807) is 11.3 Å². The molecule has 1 atom stereocenters. The molecule has 0 amide bonds. The Morgan fingerprint density at radius 3 is 2.82 bits per heavy atom. The van der Waals surface area contributed by atoms with Gasteiger partial charge in [-0.05, 0) is 42.9 Å².